The van der Waals surface area contributed by atoms with Crippen LogP contribution < -0.4 is 4.74 Å². The van der Waals surface area contributed by atoms with Crippen LogP contribution in [0.5, 0.6) is 5.75 Å². The van der Waals surface area contributed by atoms with Crippen LogP contribution in [0.3, 0.4) is 0 Å². The Labute approximate surface area is 185 Å². The van der Waals surface area contributed by atoms with Gasteiger partial charge >= 0.3 is 0 Å². The van der Waals surface area contributed by atoms with Crippen molar-refractivity contribution in [1.29, 1.82) is 10.5 Å². The molecule has 3 heteroatoms. The summed E-state index contributed by atoms with van der Waals surface area (Å²) < 4.78 is 5.79. The van der Waals surface area contributed by atoms with Gasteiger partial charge in [-0.3, -0.25) is 0 Å². The van der Waals surface area contributed by atoms with E-state index in [1.807, 2.05) is 36.4 Å². The van der Waals surface area contributed by atoms with Gasteiger partial charge in [0.1, 0.15) is 17.9 Å². The summed E-state index contributed by atoms with van der Waals surface area (Å²) in [5, 5.41) is 19.3. The highest BCUT2D eigenvalue weighted by Crippen LogP contribution is 2.31. The topological polar surface area (TPSA) is 56.8 Å². The molecule has 3 aromatic carbocycles. The maximum absolute atomic E-state index is 9.72. The molecule has 0 aromatic heterocycles. The van der Waals surface area contributed by atoms with Crippen LogP contribution in [-0.2, 0) is 6.42 Å². The summed E-state index contributed by atoms with van der Waals surface area (Å²) in [6, 6.07) is 24.7. The Morgan fingerprint density at radius 1 is 0.677 bits per heavy atom. The number of benzene rings is 3. The molecule has 0 bridgehead atoms. The normalized spacial score (nSPS) is 10.3. The van der Waals surface area contributed by atoms with Gasteiger partial charge in [0.2, 0.25) is 0 Å². The molecule has 0 saturated carbocycles. The van der Waals surface area contributed by atoms with Crippen LogP contribution in [0.4, 0.5) is 0 Å². The number of nitriles is 2. The van der Waals surface area contributed by atoms with E-state index in [2.05, 4.69) is 50.3 Å². The van der Waals surface area contributed by atoms with Crippen molar-refractivity contribution in [2.24, 2.45) is 0 Å². The van der Waals surface area contributed by atoms with Gasteiger partial charge in [-0.1, -0.05) is 81.6 Å². The van der Waals surface area contributed by atoms with E-state index in [-0.39, 0.29) is 0 Å². The third-order valence-electron chi connectivity index (χ3n) is 5.43. The van der Waals surface area contributed by atoms with Crippen LogP contribution in [0, 0.1) is 22.7 Å². The predicted octanol–water partition coefficient (Wildman–Crippen LogP) is 7.29. The summed E-state index contributed by atoms with van der Waals surface area (Å²) in [7, 11) is 0. The van der Waals surface area contributed by atoms with Gasteiger partial charge in [0.15, 0.2) is 0 Å². The molecule has 3 rings (SSSR count). The van der Waals surface area contributed by atoms with Crippen molar-refractivity contribution >= 4 is 0 Å². The lowest BCUT2D eigenvalue weighted by atomic mass is 9.91. The summed E-state index contributed by atoms with van der Waals surface area (Å²) in [5.74, 6) is 0.895. The van der Waals surface area contributed by atoms with Gasteiger partial charge in [-0.05, 0) is 47.2 Å². The predicted molar refractivity (Wildman–Crippen MR) is 126 cm³/mol. The number of ether oxygens (including phenoxy) is 1. The van der Waals surface area contributed by atoms with E-state index < -0.39 is 0 Å². The number of rotatable bonds is 9. The molecule has 0 N–H and O–H groups in total. The average Bonchev–Trinajstić information content (AvgIpc) is 2.82. The average molecular weight is 409 g/mol. The first-order valence-corrected chi connectivity index (χ1v) is 11.0. The Bertz CT molecular complexity index is 1080. The molecule has 156 valence electrons. The Balaban J connectivity index is 1.81. The standard InChI is InChI=1S/C28H28N2O/c1-3-5-6-18-31-25-15-12-22(13-16-25)21-8-10-24(11-9-21)26-17-14-23(7-4-2)27(19-29)28(26)20-30/h8-17H,3-7,18H2,1-2H3. The summed E-state index contributed by atoms with van der Waals surface area (Å²) >= 11 is 0. The van der Waals surface area contributed by atoms with Crippen LogP contribution >= 0.6 is 0 Å². The number of hydrogen-bond donors (Lipinski definition) is 0. The molecular formula is C28H28N2O. The summed E-state index contributed by atoms with van der Waals surface area (Å²) in [6.45, 7) is 5.01. The number of nitrogens with zero attached hydrogens (tertiary/aromatic N) is 2. The largest absolute Gasteiger partial charge is 0.494 e. The van der Waals surface area contributed by atoms with Crippen LogP contribution in [0.25, 0.3) is 22.3 Å². The summed E-state index contributed by atoms with van der Waals surface area (Å²) in [6.07, 6.45) is 5.20. The van der Waals surface area contributed by atoms with E-state index in [0.717, 1.165) is 59.4 Å². The molecule has 0 fully saturated rings. The third kappa shape index (κ3) is 5.33. The number of aryl methyl sites for hydroxylation is 1. The Kier molecular flexibility index (Phi) is 7.85. The fourth-order valence-electron chi connectivity index (χ4n) is 3.74. The Morgan fingerprint density at radius 3 is 1.87 bits per heavy atom. The van der Waals surface area contributed by atoms with Crippen molar-refractivity contribution in [3.8, 4) is 40.1 Å². The zero-order chi connectivity index (χ0) is 22.1. The molecule has 0 unspecified atom stereocenters. The molecule has 0 aliphatic rings. The van der Waals surface area contributed by atoms with E-state index in [1.54, 1.807) is 0 Å². The van der Waals surface area contributed by atoms with Gasteiger partial charge in [0.05, 0.1) is 17.7 Å². The van der Waals surface area contributed by atoms with Crippen molar-refractivity contribution in [3.63, 3.8) is 0 Å². The first kappa shape index (κ1) is 22.1. The number of hydrogen-bond acceptors (Lipinski definition) is 3. The molecule has 0 amide bonds. The van der Waals surface area contributed by atoms with Crippen LogP contribution in [-0.4, -0.2) is 6.61 Å². The SMILES string of the molecule is CCCCCOc1ccc(-c2ccc(-c3ccc(CCC)c(C#N)c3C#N)cc2)cc1. The molecule has 0 aliphatic carbocycles. The maximum Gasteiger partial charge on any atom is 0.119 e. The minimum atomic E-state index is 0.464. The van der Waals surface area contributed by atoms with E-state index in [0.29, 0.717) is 11.1 Å². The van der Waals surface area contributed by atoms with Crippen LogP contribution in [0.15, 0.2) is 60.7 Å². The molecule has 0 heterocycles. The molecule has 0 radical (unpaired) electrons. The van der Waals surface area contributed by atoms with E-state index >= 15 is 0 Å². The van der Waals surface area contributed by atoms with Gasteiger partial charge in [0, 0.05) is 5.56 Å². The second-order valence-electron chi connectivity index (χ2n) is 7.65. The minimum Gasteiger partial charge on any atom is -0.494 e. The monoisotopic (exact) mass is 408 g/mol. The quantitative estimate of drug-likeness (QED) is 0.349. The van der Waals surface area contributed by atoms with E-state index in [1.165, 1.54) is 12.8 Å². The van der Waals surface area contributed by atoms with Gasteiger partial charge in [-0.2, -0.15) is 10.5 Å². The Morgan fingerprint density at radius 2 is 1.29 bits per heavy atom. The first-order valence-electron chi connectivity index (χ1n) is 11.0. The molecule has 3 nitrogen and oxygen atoms in total. The third-order valence-corrected chi connectivity index (χ3v) is 5.43. The molecule has 3 aromatic rings. The van der Waals surface area contributed by atoms with Crippen molar-refractivity contribution in [1.82, 2.24) is 0 Å². The molecule has 0 spiro atoms. The van der Waals surface area contributed by atoms with E-state index in [4.69, 9.17) is 4.74 Å². The van der Waals surface area contributed by atoms with Gasteiger partial charge in [-0.25, -0.2) is 0 Å². The van der Waals surface area contributed by atoms with Crippen LogP contribution in [0.2, 0.25) is 0 Å². The highest BCUT2D eigenvalue weighted by atomic mass is 16.5. The second-order valence-corrected chi connectivity index (χ2v) is 7.65. The molecular weight excluding hydrogens is 380 g/mol. The highest BCUT2D eigenvalue weighted by Gasteiger charge is 2.14. The fourth-order valence-corrected chi connectivity index (χ4v) is 3.74. The van der Waals surface area contributed by atoms with Gasteiger partial charge in [0.25, 0.3) is 0 Å². The van der Waals surface area contributed by atoms with Crippen molar-refractivity contribution in [2.75, 3.05) is 6.61 Å². The molecule has 0 atom stereocenters. The molecule has 31 heavy (non-hydrogen) atoms. The fraction of sp³-hybridized carbons (Fsp3) is 0.286. The molecule has 0 saturated heterocycles. The lowest BCUT2D eigenvalue weighted by Gasteiger charge is -2.11. The van der Waals surface area contributed by atoms with Crippen molar-refractivity contribution < 1.29 is 4.74 Å². The minimum absolute atomic E-state index is 0.464. The van der Waals surface area contributed by atoms with Crippen molar-refractivity contribution in [2.45, 2.75) is 46.0 Å². The zero-order valence-electron chi connectivity index (χ0n) is 18.3. The van der Waals surface area contributed by atoms with Gasteiger partial charge < -0.3 is 4.74 Å². The summed E-state index contributed by atoms with van der Waals surface area (Å²) in [4.78, 5) is 0. The van der Waals surface area contributed by atoms with E-state index in [9.17, 15) is 10.5 Å². The smallest absolute Gasteiger partial charge is 0.119 e. The Hall–Kier alpha value is -3.56. The summed E-state index contributed by atoms with van der Waals surface area (Å²) in [5.41, 5.74) is 5.87. The lowest BCUT2D eigenvalue weighted by molar-refractivity contribution is 0.306. The van der Waals surface area contributed by atoms with Gasteiger partial charge in [-0.15, -0.1) is 0 Å². The van der Waals surface area contributed by atoms with Crippen molar-refractivity contribution in [3.05, 3.63) is 77.4 Å². The lowest BCUT2D eigenvalue weighted by Crippen LogP contribution is -1.97. The highest BCUT2D eigenvalue weighted by molar-refractivity contribution is 5.77. The number of unbranched alkanes of at least 4 members (excludes halogenated alkanes) is 2. The second kappa shape index (κ2) is 11.0. The van der Waals surface area contributed by atoms with Crippen LogP contribution in [0.1, 0.15) is 56.2 Å². The zero-order valence-corrected chi connectivity index (χ0v) is 18.3. The first-order chi connectivity index (χ1) is 15.2. The molecule has 0 aliphatic heterocycles. The maximum atomic E-state index is 9.72.